The molecule has 0 radical (unpaired) electrons. The van der Waals surface area contributed by atoms with Crippen LogP contribution in [0.3, 0.4) is 0 Å². The van der Waals surface area contributed by atoms with E-state index in [0.717, 1.165) is 0 Å². The molecule has 14 heteroatoms. The van der Waals surface area contributed by atoms with E-state index in [0.29, 0.717) is 0 Å². The molecule has 0 heterocycles. The topological polar surface area (TPSA) is 138 Å². The van der Waals surface area contributed by atoms with Crippen molar-refractivity contribution in [3.05, 3.63) is 0 Å². The van der Waals surface area contributed by atoms with Crippen LogP contribution >= 0.6 is 17.2 Å². The summed E-state index contributed by atoms with van der Waals surface area (Å²) in [6, 6.07) is 0. The average Bonchev–Trinajstić information content (AvgIpc) is 1.25. The molecule has 0 rings (SSSR count). The first-order chi connectivity index (χ1) is 3.46. The first-order valence-corrected chi connectivity index (χ1v) is 3.29. The van der Waals surface area contributed by atoms with Gasteiger partial charge >= 0.3 is 182 Å². The van der Waals surface area contributed by atoms with Crippen LogP contribution in [-0.4, -0.2) is 182 Å². The van der Waals surface area contributed by atoms with Gasteiger partial charge in [-0.1, -0.05) is 0 Å². The van der Waals surface area contributed by atoms with E-state index in [1.54, 1.807) is 0 Å². The number of rotatable bonds is 0. The summed E-state index contributed by atoms with van der Waals surface area (Å²) in [5.41, 5.74) is 0. The van der Waals surface area contributed by atoms with E-state index in [9.17, 15) is 0 Å². The molecule has 0 N–H and O–H groups in total. The second-order valence-electron chi connectivity index (χ2n) is 0.447. The third-order valence-corrected chi connectivity index (χ3v) is 0. The van der Waals surface area contributed by atoms with Crippen LogP contribution in [-0.2, 0) is 0 Å². The summed E-state index contributed by atoms with van der Waals surface area (Å²) >= 11 is 0. The van der Waals surface area contributed by atoms with Gasteiger partial charge in [0, 0.05) is 0 Å². The van der Waals surface area contributed by atoms with E-state index < -0.39 is 17.2 Å². The fourth-order valence-electron chi connectivity index (χ4n) is 0. The van der Waals surface area contributed by atoms with E-state index in [1.807, 2.05) is 0 Å². The Balaban J connectivity index is -0.00000000187. The molecule has 0 fully saturated rings. The largest absolute Gasteiger partial charge is 2.00 e. The smallest absolute Gasteiger partial charge is 1.00 e. The third-order valence-electron chi connectivity index (χ3n) is 0. The monoisotopic (exact) mass is 356 g/mol. The van der Waals surface area contributed by atoms with Crippen molar-refractivity contribution in [2.45, 2.75) is 0 Å². The molecule has 0 amide bonds. The van der Waals surface area contributed by atoms with Crippen LogP contribution < -0.4 is 29.4 Å². The number of hydrogen-bond donors (Lipinski definition) is 0. The molecule has 0 saturated heterocycles. The Morgan fingerprint density at radius 2 is 0.500 bits per heavy atom. The van der Waals surface area contributed by atoms with Crippen LogP contribution in [0.4, 0.5) is 0 Å². The molecule has 0 aliphatic heterocycles. The van der Waals surface area contributed by atoms with Crippen molar-refractivity contribution < 1.29 is 37.9 Å². The van der Waals surface area contributed by atoms with Crippen molar-refractivity contribution in [3.63, 3.8) is 0 Å². The summed E-state index contributed by atoms with van der Waals surface area (Å²) in [5, 5.41) is 0. The van der Waals surface area contributed by atoms with Crippen LogP contribution in [0.2, 0.25) is 0 Å². The summed E-state index contributed by atoms with van der Waals surface area (Å²) in [6.45, 7) is 0. The molecule has 0 spiro atoms. The molecule has 0 aromatic heterocycles. The Kier molecular flexibility index (Phi) is 152. The van der Waals surface area contributed by atoms with Gasteiger partial charge in [-0.2, -0.15) is 0 Å². The molecule has 0 saturated carbocycles. The molecule has 64 valence electrons. The predicted molar refractivity (Wildman–Crippen MR) is 55.0 cm³/mol. The zero-order valence-electron chi connectivity index (χ0n) is 13.6. The van der Waals surface area contributed by atoms with Gasteiger partial charge in [0.05, 0.1) is 0 Å². The Morgan fingerprint density at radius 1 is 0.500 bits per heavy atom. The first kappa shape index (κ1) is 49.8. The predicted octanol–water partition coefficient (Wildman–Crippen LogP) is -7.02. The van der Waals surface area contributed by atoms with Crippen molar-refractivity contribution in [1.29, 1.82) is 0 Å². The SMILES string of the molecule is [Ca+2].[Ca+2].[Ca+2].[H-].[H-].[H-].[H-].[H-].[H-].[Mg+2].[Mg+2].[Mg+2].[O-]P([O-])[O-].[O-]P([O-])[O-]. The van der Waals surface area contributed by atoms with E-state index in [1.165, 1.54) is 0 Å². The molecule has 0 bridgehead atoms. The molecule has 0 atom stereocenters. The van der Waals surface area contributed by atoms with Crippen molar-refractivity contribution in [1.82, 2.24) is 0 Å². The summed E-state index contributed by atoms with van der Waals surface area (Å²) in [5.74, 6) is 0. The van der Waals surface area contributed by atoms with Gasteiger partial charge in [-0.25, -0.2) is 0 Å². The summed E-state index contributed by atoms with van der Waals surface area (Å²) < 4.78 is 0. The Bertz CT molecular complexity index is 59.4. The van der Waals surface area contributed by atoms with Crippen LogP contribution in [0.15, 0.2) is 0 Å². The van der Waals surface area contributed by atoms with Gasteiger partial charge in [-0.3, -0.25) is 0 Å². The van der Waals surface area contributed by atoms with Crippen molar-refractivity contribution in [2.75, 3.05) is 0 Å². The first-order valence-electron chi connectivity index (χ1n) is 1.10. The minimum atomic E-state index is -3.37. The van der Waals surface area contributed by atoms with Gasteiger partial charge in [0.15, 0.2) is 0 Å². The normalized spacial score (nSPS) is 5.14. The number of hydrogen-bond acceptors (Lipinski definition) is 6. The maximum atomic E-state index is 8.48. The molecular formula is H6Ca3Mg3O6P2. The van der Waals surface area contributed by atoms with Crippen molar-refractivity contribution in [2.24, 2.45) is 0 Å². The second kappa shape index (κ2) is 42.7. The van der Waals surface area contributed by atoms with E-state index in [-0.39, 0.29) is 191 Å². The molecule has 0 aromatic rings. The van der Waals surface area contributed by atoms with E-state index >= 15 is 0 Å². The Hall–Kier alpha value is 6.70. The molecular weight excluding hydrogens is 351 g/mol. The quantitative estimate of drug-likeness (QED) is 0.312. The third kappa shape index (κ3) is 131. The second-order valence-corrected chi connectivity index (χ2v) is 1.34. The minimum absolute atomic E-state index is 0. The van der Waals surface area contributed by atoms with Crippen LogP contribution in [0.1, 0.15) is 8.56 Å². The van der Waals surface area contributed by atoms with Gasteiger partial charge in [0.2, 0.25) is 0 Å². The molecule has 14 heavy (non-hydrogen) atoms. The molecule has 6 nitrogen and oxygen atoms in total. The van der Waals surface area contributed by atoms with Gasteiger partial charge < -0.3 is 55.1 Å². The maximum Gasteiger partial charge on any atom is 2.00 e. The average molecular weight is 357 g/mol. The van der Waals surface area contributed by atoms with Gasteiger partial charge in [0.1, 0.15) is 0 Å². The summed E-state index contributed by atoms with van der Waals surface area (Å²) in [6.07, 6.45) is 0. The van der Waals surface area contributed by atoms with Gasteiger partial charge in [-0.15, -0.1) is 0 Å². The minimum Gasteiger partial charge on any atom is -1.00 e. The van der Waals surface area contributed by atoms with Gasteiger partial charge in [0.25, 0.3) is 0 Å². The zero-order valence-corrected chi connectivity index (χ0v) is 20.2. The molecule has 0 aromatic carbocycles. The van der Waals surface area contributed by atoms with Crippen molar-refractivity contribution >= 4 is 200 Å². The zero-order chi connectivity index (χ0) is 7.15. The Labute approximate surface area is 232 Å². The van der Waals surface area contributed by atoms with Gasteiger partial charge in [-0.05, 0) is 0 Å². The molecule has 0 aliphatic rings. The fraction of sp³-hybridized carbons (Fsp3) is 0. The molecule has 0 aliphatic carbocycles. The summed E-state index contributed by atoms with van der Waals surface area (Å²) in [4.78, 5) is 50.9. The van der Waals surface area contributed by atoms with Crippen molar-refractivity contribution in [3.8, 4) is 0 Å². The van der Waals surface area contributed by atoms with Crippen LogP contribution in [0.5, 0.6) is 0 Å². The van der Waals surface area contributed by atoms with E-state index in [2.05, 4.69) is 0 Å². The Morgan fingerprint density at radius 3 is 0.500 bits per heavy atom. The standard InChI is InChI=1S/3Ca.3Mg.2O3P.6H/c;;;;;;2*1-4(2)3;;;;;;/q6*+2;2*-3;6*-1. The fourth-order valence-corrected chi connectivity index (χ4v) is 0. The summed E-state index contributed by atoms with van der Waals surface area (Å²) in [7, 11) is -6.74. The van der Waals surface area contributed by atoms with Crippen LogP contribution in [0.25, 0.3) is 0 Å². The molecule has 0 unspecified atom stereocenters. The van der Waals surface area contributed by atoms with E-state index in [4.69, 9.17) is 29.4 Å². The van der Waals surface area contributed by atoms with Crippen LogP contribution in [0, 0.1) is 0 Å². The maximum absolute atomic E-state index is 8.48.